The summed E-state index contributed by atoms with van der Waals surface area (Å²) in [5.74, 6) is -2.73. The molecule has 0 bridgehead atoms. The fourth-order valence-electron chi connectivity index (χ4n) is 3.37. The first-order valence-corrected chi connectivity index (χ1v) is 10.6. The summed E-state index contributed by atoms with van der Waals surface area (Å²) in [6.45, 7) is 8.24. The minimum Gasteiger partial charge on any atom is -0.513 e. The second-order valence-corrected chi connectivity index (χ2v) is 8.25. The molecule has 2 aromatic carbocycles. The molecule has 1 fully saturated rings. The number of rotatable bonds is 9. The quantitative estimate of drug-likeness (QED) is 0.214. The van der Waals surface area contributed by atoms with Gasteiger partial charge < -0.3 is 30.0 Å². The van der Waals surface area contributed by atoms with Crippen LogP contribution in [0, 0.1) is 6.92 Å². The summed E-state index contributed by atoms with van der Waals surface area (Å²) in [6.07, 6.45) is -0.981. The van der Waals surface area contributed by atoms with Gasteiger partial charge in [-0.25, -0.2) is 4.79 Å². The summed E-state index contributed by atoms with van der Waals surface area (Å²) in [7, 11) is 1.48. The number of aliphatic hydroxyl groups excluding tert-OH is 1. The molecule has 10 nitrogen and oxygen atoms in total. The predicted molar refractivity (Wildman–Crippen MR) is 126 cm³/mol. The summed E-state index contributed by atoms with van der Waals surface area (Å²) in [6, 6.07) is 8.78. The van der Waals surface area contributed by atoms with Crippen molar-refractivity contribution in [1.29, 1.82) is 0 Å². The van der Waals surface area contributed by atoms with Gasteiger partial charge in [0, 0.05) is 6.92 Å². The molecule has 10 heteroatoms. The Hall–Kier alpha value is -4.18. The zero-order valence-electron chi connectivity index (χ0n) is 19.8. The van der Waals surface area contributed by atoms with Crippen molar-refractivity contribution in [3.8, 4) is 5.75 Å². The first-order chi connectivity index (χ1) is 16.5. The van der Waals surface area contributed by atoms with E-state index in [9.17, 15) is 19.2 Å². The van der Waals surface area contributed by atoms with Gasteiger partial charge in [-0.1, -0.05) is 24.8 Å². The number of esters is 1. The Balaban J connectivity index is 1.83. The van der Waals surface area contributed by atoms with E-state index in [1.807, 2.05) is 13.0 Å². The van der Waals surface area contributed by atoms with Gasteiger partial charge in [-0.2, -0.15) is 0 Å². The summed E-state index contributed by atoms with van der Waals surface area (Å²) < 4.78 is 16.2. The van der Waals surface area contributed by atoms with E-state index in [0.29, 0.717) is 17.4 Å². The summed E-state index contributed by atoms with van der Waals surface area (Å²) >= 11 is 0. The molecule has 3 rings (SSSR count). The van der Waals surface area contributed by atoms with Crippen LogP contribution in [0.25, 0.3) is 10.8 Å². The van der Waals surface area contributed by atoms with Crippen LogP contribution in [0.1, 0.15) is 29.8 Å². The molecule has 35 heavy (non-hydrogen) atoms. The molecule has 1 aliphatic rings. The lowest BCUT2D eigenvalue weighted by Gasteiger charge is -2.22. The number of ether oxygens (including phenoxy) is 3. The third kappa shape index (κ3) is 5.49. The van der Waals surface area contributed by atoms with Gasteiger partial charge in [0.25, 0.3) is 11.8 Å². The van der Waals surface area contributed by atoms with E-state index in [1.165, 1.54) is 13.2 Å². The number of epoxide rings is 1. The summed E-state index contributed by atoms with van der Waals surface area (Å²) in [5.41, 5.74) is -0.793. The monoisotopic (exact) mass is 482 g/mol. The lowest BCUT2D eigenvalue weighted by Crippen LogP contribution is -2.47. The molecule has 1 aliphatic heterocycles. The lowest BCUT2D eigenvalue weighted by atomic mass is 10.00. The predicted octanol–water partition coefficient (Wildman–Crippen LogP) is 2.21. The standard InChI is InChI=1S/C25H26N2O8/c1-13-7-6-8-17-18(13)9-16(33-5)10-19(17)24(32)35-21(25(4)12-34-25)23(31)26-14(2)22(30)27-20(11-28)15(3)29/h6-11,21,28H,2,12H2,1,3-5H3,(H,26,31)(H,27,30)/b20-11+/t21-,25-/m1/s1. The van der Waals surface area contributed by atoms with Crippen LogP contribution in [0.5, 0.6) is 5.75 Å². The van der Waals surface area contributed by atoms with Crippen molar-refractivity contribution in [2.24, 2.45) is 0 Å². The number of ketones is 1. The molecule has 1 heterocycles. The van der Waals surface area contributed by atoms with E-state index in [-0.39, 0.29) is 17.9 Å². The van der Waals surface area contributed by atoms with Crippen molar-refractivity contribution in [3.63, 3.8) is 0 Å². The number of nitrogens with one attached hydrogen (secondary N) is 2. The lowest BCUT2D eigenvalue weighted by molar-refractivity contribution is -0.133. The maximum absolute atomic E-state index is 13.2. The van der Waals surface area contributed by atoms with Crippen molar-refractivity contribution >= 4 is 34.3 Å². The van der Waals surface area contributed by atoms with E-state index in [0.717, 1.165) is 17.9 Å². The average molecular weight is 482 g/mol. The Morgan fingerprint density at radius 3 is 2.46 bits per heavy atom. The Kier molecular flexibility index (Phi) is 7.25. The Morgan fingerprint density at radius 1 is 1.20 bits per heavy atom. The smallest absolute Gasteiger partial charge is 0.339 e. The van der Waals surface area contributed by atoms with Gasteiger partial charge in [-0.3, -0.25) is 14.4 Å². The molecule has 0 unspecified atom stereocenters. The maximum Gasteiger partial charge on any atom is 0.339 e. The van der Waals surface area contributed by atoms with Crippen LogP contribution in [0.15, 0.2) is 54.6 Å². The highest BCUT2D eigenvalue weighted by atomic mass is 16.6. The zero-order valence-corrected chi connectivity index (χ0v) is 19.8. The summed E-state index contributed by atoms with van der Waals surface area (Å²) in [4.78, 5) is 49.8. The highest BCUT2D eigenvalue weighted by molar-refractivity contribution is 6.07. The van der Waals surface area contributed by atoms with E-state index in [4.69, 9.17) is 19.3 Å². The van der Waals surface area contributed by atoms with E-state index < -0.39 is 41.0 Å². The highest BCUT2D eigenvalue weighted by Crippen LogP contribution is 2.34. The number of carbonyl (C=O) groups excluding carboxylic acids is 4. The topological polar surface area (TPSA) is 144 Å². The minimum atomic E-state index is -1.41. The van der Waals surface area contributed by atoms with Gasteiger partial charge in [0.15, 0.2) is 5.78 Å². The summed E-state index contributed by atoms with van der Waals surface area (Å²) in [5, 5.41) is 14.9. The Bertz CT molecular complexity index is 1260. The van der Waals surface area contributed by atoms with Crippen LogP contribution < -0.4 is 15.4 Å². The van der Waals surface area contributed by atoms with Crippen LogP contribution >= 0.6 is 0 Å². The third-order valence-electron chi connectivity index (χ3n) is 5.57. The zero-order chi connectivity index (χ0) is 25.9. The van der Waals surface area contributed by atoms with Gasteiger partial charge in [-0.15, -0.1) is 0 Å². The number of aliphatic hydroxyl groups is 1. The van der Waals surface area contributed by atoms with E-state index in [2.05, 4.69) is 17.2 Å². The number of amides is 2. The van der Waals surface area contributed by atoms with E-state index >= 15 is 0 Å². The number of aryl methyl sites for hydroxylation is 1. The number of hydrogen-bond donors (Lipinski definition) is 3. The fraction of sp³-hybridized carbons (Fsp3) is 0.280. The van der Waals surface area contributed by atoms with Crippen LogP contribution in [0.2, 0.25) is 0 Å². The number of methoxy groups -OCH3 is 1. The number of carbonyl (C=O) groups is 4. The van der Waals surface area contributed by atoms with Crippen molar-refractivity contribution in [2.45, 2.75) is 32.5 Å². The van der Waals surface area contributed by atoms with Gasteiger partial charge in [0.05, 0.1) is 25.0 Å². The molecule has 0 aromatic heterocycles. The molecule has 0 saturated carbocycles. The second-order valence-electron chi connectivity index (χ2n) is 8.25. The van der Waals surface area contributed by atoms with Crippen molar-refractivity contribution in [3.05, 3.63) is 65.7 Å². The Morgan fingerprint density at radius 2 is 1.89 bits per heavy atom. The molecular weight excluding hydrogens is 456 g/mol. The van der Waals surface area contributed by atoms with E-state index in [1.54, 1.807) is 25.1 Å². The van der Waals surface area contributed by atoms with Crippen LogP contribution in [-0.2, 0) is 23.9 Å². The molecule has 2 aromatic rings. The molecule has 0 aliphatic carbocycles. The minimum absolute atomic E-state index is 0.150. The average Bonchev–Trinajstić information content (AvgIpc) is 3.57. The number of allylic oxidation sites excluding steroid dienone is 1. The first-order valence-electron chi connectivity index (χ1n) is 10.6. The first kappa shape index (κ1) is 25.4. The molecule has 1 saturated heterocycles. The molecular formula is C25H26N2O8. The van der Waals surface area contributed by atoms with Crippen molar-refractivity contribution in [1.82, 2.24) is 10.6 Å². The molecule has 3 N–H and O–H groups in total. The number of benzene rings is 2. The molecule has 0 spiro atoms. The maximum atomic E-state index is 13.2. The largest absolute Gasteiger partial charge is 0.513 e. The molecule has 2 amide bonds. The second kappa shape index (κ2) is 9.98. The molecule has 0 radical (unpaired) electrons. The normalized spacial score (nSPS) is 17.8. The van der Waals surface area contributed by atoms with Crippen molar-refractivity contribution < 1.29 is 38.5 Å². The fourth-order valence-corrected chi connectivity index (χ4v) is 3.37. The number of Topliss-reactive ketones (excluding diaryl/α,β-unsaturated/α-hetero) is 1. The van der Waals surface area contributed by atoms with Gasteiger partial charge in [0.1, 0.15) is 23.3 Å². The SMILES string of the molecule is C=C(NC(=O)[C@@H](OC(=O)c1cc(OC)cc2c(C)cccc12)[C@@]1(C)CO1)C(=O)N/C(=C/O)C(C)=O. The van der Waals surface area contributed by atoms with Gasteiger partial charge in [0.2, 0.25) is 6.10 Å². The number of hydrogen-bond acceptors (Lipinski definition) is 8. The van der Waals surface area contributed by atoms with Crippen LogP contribution in [0.4, 0.5) is 0 Å². The highest BCUT2D eigenvalue weighted by Gasteiger charge is 2.53. The molecule has 184 valence electrons. The van der Waals surface area contributed by atoms with Crippen molar-refractivity contribution in [2.75, 3.05) is 13.7 Å². The van der Waals surface area contributed by atoms with Crippen LogP contribution in [-0.4, -0.2) is 54.1 Å². The van der Waals surface area contributed by atoms with Crippen LogP contribution in [0.3, 0.4) is 0 Å². The third-order valence-corrected chi connectivity index (χ3v) is 5.57. The van der Waals surface area contributed by atoms with Gasteiger partial charge in [-0.05, 0) is 42.3 Å². The number of fused-ring (bicyclic) bond motifs is 1. The Labute approximate surface area is 201 Å². The molecule has 2 atom stereocenters. The van der Waals surface area contributed by atoms with Gasteiger partial charge >= 0.3 is 5.97 Å².